The van der Waals surface area contributed by atoms with E-state index >= 15 is 0 Å². The van der Waals surface area contributed by atoms with E-state index in [4.69, 9.17) is 0 Å². The molecule has 0 saturated heterocycles. The summed E-state index contributed by atoms with van der Waals surface area (Å²) < 4.78 is 0. The summed E-state index contributed by atoms with van der Waals surface area (Å²) in [6, 6.07) is 5.88. The molecule has 1 aromatic rings. The van der Waals surface area contributed by atoms with Crippen molar-refractivity contribution in [1.82, 2.24) is 4.98 Å². The van der Waals surface area contributed by atoms with Gasteiger partial charge in [0.15, 0.2) is 0 Å². The Labute approximate surface area is 116 Å². The Kier molecular flexibility index (Phi) is 12.7. The van der Waals surface area contributed by atoms with E-state index in [2.05, 4.69) is 15.0 Å². The summed E-state index contributed by atoms with van der Waals surface area (Å²) in [6.45, 7) is 3.90. The van der Waals surface area contributed by atoms with Gasteiger partial charge >= 0.3 is 16.8 Å². The molecule has 0 spiro atoms. The molecule has 0 amide bonds. The van der Waals surface area contributed by atoms with Crippen LogP contribution in [0.25, 0.3) is 0 Å². The average Bonchev–Trinajstić information content (AvgIpc) is 2.27. The smallest absolute Gasteiger partial charge is 0.358 e. The van der Waals surface area contributed by atoms with Crippen molar-refractivity contribution in [3.63, 3.8) is 0 Å². The minimum Gasteiger partial charge on any atom is -0.358 e. The fourth-order valence-corrected chi connectivity index (χ4v) is 1.07. The molecule has 1 rings (SSSR count). The van der Waals surface area contributed by atoms with Gasteiger partial charge in [0.2, 0.25) is 0 Å². The molecule has 0 N–H and O–H groups in total. The van der Waals surface area contributed by atoms with E-state index < -0.39 is 0 Å². The summed E-state index contributed by atoms with van der Waals surface area (Å²) in [7, 11) is 3.54. The number of rotatable bonds is 2. The number of hydrogen-bond acceptors (Lipinski definition) is 3. The van der Waals surface area contributed by atoms with Crippen LogP contribution in [0.4, 0.5) is 0 Å². The standard InChI is InChI=1S/C11H15N3.2CH3.Co/c1-8(12-3)10-6-5-7-11(14-10)9(2)13-4;;;/h5-7H,1-4H3;2*1H3;/q;2*-1;+2. The minimum atomic E-state index is 0. The van der Waals surface area contributed by atoms with Crippen LogP contribution in [-0.2, 0) is 16.8 Å². The van der Waals surface area contributed by atoms with E-state index in [0.29, 0.717) is 0 Å². The third kappa shape index (κ3) is 5.75. The zero-order valence-corrected chi connectivity index (χ0v) is 12.4. The zero-order valence-electron chi connectivity index (χ0n) is 11.4. The maximum absolute atomic E-state index is 4.45. The Morgan fingerprint density at radius 3 is 1.59 bits per heavy atom. The van der Waals surface area contributed by atoms with Gasteiger partial charge in [-0.2, -0.15) is 0 Å². The first-order chi connectivity index (χ1) is 6.69. The summed E-state index contributed by atoms with van der Waals surface area (Å²) in [5.74, 6) is 0. The monoisotopic (exact) mass is 278 g/mol. The quantitative estimate of drug-likeness (QED) is 0.605. The van der Waals surface area contributed by atoms with Crippen LogP contribution < -0.4 is 0 Å². The van der Waals surface area contributed by atoms with Crippen LogP contribution >= 0.6 is 0 Å². The molecule has 4 heteroatoms. The van der Waals surface area contributed by atoms with Crippen molar-refractivity contribution in [1.29, 1.82) is 0 Å². The Balaban J connectivity index is -0.000000653. The molecule has 1 heterocycles. The normalized spacial score (nSPS) is 10.8. The molecule has 0 aliphatic rings. The van der Waals surface area contributed by atoms with Crippen molar-refractivity contribution in [2.24, 2.45) is 9.98 Å². The van der Waals surface area contributed by atoms with Crippen LogP contribution in [0.3, 0.4) is 0 Å². The Morgan fingerprint density at radius 2 is 1.29 bits per heavy atom. The Bertz CT molecular complexity index is 351. The molecule has 17 heavy (non-hydrogen) atoms. The van der Waals surface area contributed by atoms with Crippen LogP contribution in [0.1, 0.15) is 25.2 Å². The third-order valence-electron chi connectivity index (χ3n) is 2.16. The molecule has 3 nitrogen and oxygen atoms in total. The van der Waals surface area contributed by atoms with E-state index in [0.717, 1.165) is 22.8 Å². The third-order valence-corrected chi connectivity index (χ3v) is 2.16. The second-order valence-electron chi connectivity index (χ2n) is 3.03. The number of hydrogen-bond donors (Lipinski definition) is 0. The Morgan fingerprint density at radius 1 is 0.941 bits per heavy atom. The average molecular weight is 278 g/mol. The van der Waals surface area contributed by atoms with Crippen LogP contribution in [-0.4, -0.2) is 30.5 Å². The fraction of sp³-hybridized carbons (Fsp3) is 0.308. The van der Waals surface area contributed by atoms with E-state index in [9.17, 15) is 0 Å². The molecule has 0 aromatic carbocycles. The molecular formula is C13H21CoN3. The summed E-state index contributed by atoms with van der Waals surface area (Å²) >= 11 is 0. The van der Waals surface area contributed by atoms with Gasteiger partial charge in [0.05, 0.1) is 22.8 Å². The molecule has 0 bridgehead atoms. The van der Waals surface area contributed by atoms with Crippen LogP contribution in [0.2, 0.25) is 0 Å². The van der Waals surface area contributed by atoms with Gasteiger partial charge in [0, 0.05) is 14.1 Å². The molecule has 0 aliphatic heterocycles. The number of aliphatic imine (C=N–C) groups is 2. The SMILES string of the molecule is CN=C(C)c1cccc(C(C)=NC)n1.[CH3-].[CH3-].[Co+2]. The maximum atomic E-state index is 4.45. The molecule has 0 fully saturated rings. The van der Waals surface area contributed by atoms with Gasteiger partial charge < -0.3 is 14.9 Å². The fourth-order valence-electron chi connectivity index (χ4n) is 1.07. The van der Waals surface area contributed by atoms with Gasteiger partial charge in [-0.1, -0.05) is 6.07 Å². The van der Waals surface area contributed by atoms with Crippen molar-refractivity contribution in [2.75, 3.05) is 14.1 Å². The van der Waals surface area contributed by atoms with Gasteiger partial charge in [-0.15, -0.1) is 0 Å². The van der Waals surface area contributed by atoms with Crippen molar-refractivity contribution in [2.45, 2.75) is 13.8 Å². The second kappa shape index (κ2) is 10.2. The van der Waals surface area contributed by atoms with Crippen molar-refractivity contribution >= 4 is 11.4 Å². The Hall–Kier alpha value is -1.00. The summed E-state index contributed by atoms with van der Waals surface area (Å²) in [4.78, 5) is 12.7. The predicted molar refractivity (Wildman–Crippen MR) is 73.3 cm³/mol. The van der Waals surface area contributed by atoms with Gasteiger partial charge in [-0.05, 0) is 26.0 Å². The predicted octanol–water partition coefficient (Wildman–Crippen LogP) is 2.86. The second-order valence-corrected chi connectivity index (χ2v) is 3.03. The van der Waals surface area contributed by atoms with E-state index in [1.165, 1.54) is 0 Å². The largest absolute Gasteiger partial charge is 2.00 e. The molecule has 1 radical (unpaired) electrons. The zero-order chi connectivity index (χ0) is 10.6. The summed E-state index contributed by atoms with van der Waals surface area (Å²) in [6.07, 6.45) is 0. The minimum absolute atomic E-state index is 0. The van der Waals surface area contributed by atoms with Crippen molar-refractivity contribution in [3.05, 3.63) is 44.4 Å². The number of aromatic nitrogens is 1. The van der Waals surface area contributed by atoms with Crippen molar-refractivity contribution in [3.8, 4) is 0 Å². The van der Waals surface area contributed by atoms with Gasteiger partial charge in [0.1, 0.15) is 0 Å². The molecule has 97 valence electrons. The number of pyridine rings is 1. The van der Waals surface area contributed by atoms with E-state index in [-0.39, 0.29) is 31.6 Å². The maximum Gasteiger partial charge on any atom is 2.00 e. The topological polar surface area (TPSA) is 37.6 Å². The van der Waals surface area contributed by atoms with Crippen LogP contribution in [0.15, 0.2) is 28.2 Å². The van der Waals surface area contributed by atoms with E-state index in [1.807, 2.05) is 32.0 Å². The van der Waals surface area contributed by atoms with Gasteiger partial charge in [-0.3, -0.25) is 9.98 Å². The van der Waals surface area contributed by atoms with Gasteiger partial charge in [-0.25, -0.2) is 4.98 Å². The van der Waals surface area contributed by atoms with Crippen LogP contribution in [0, 0.1) is 14.9 Å². The summed E-state index contributed by atoms with van der Waals surface area (Å²) in [5.41, 5.74) is 3.70. The first kappa shape index (κ1) is 21.3. The van der Waals surface area contributed by atoms with E-state index in [1.54, 1.807) is 14.1 Å². The molecular weight excluding hydrogens is 257 g/mol. The summed E-state index contributed by atoms with van der Waals surface area (Å²) in [5, 5.41) is 0. The molecule has 0 saturated carbocycles. The molecule has 1 aromatic heterocycles. The van der Waals surface area contributed by atoms with Crippen LogP contribution in [0.5, 0.6) is 0 Å². The van der Waals surface area contributed by atoms with Crippen molar-refractivity contribution < 1.29 is 16.8 Å². The molecule has 0 unspecified atom stereocenters. The first-order valence-electron chi connectivity index (χ1n) is 4.53. The number of nitrogens with zero attached hydrogens (tertiary/aromatic N) is 3. The molecule has 0 aliphatic carbocycles. The molecule has 0 atom stereocenters. The van der Waals surface area contributed by atoms with Gasteiger partial charge in [0.25, 0.3) is 0 Å². The first-order valence-corrected chi connectivity index (χ1v) is 4.53.